The Balaban J connectivity index is 1.36. The number of carbonyl (C=O) groups excluding carboxylic acids is 1. The van der Waals surface area contributed by atoms with E-state index in [4.69, 9.17) is 10.4 Å². The van der Waals surface area contributed by atoms with E-state index in [0.717, 1.165) is 28.7 Å². The molecule has 1 fully saturated rings. The van der Waals surface area contributed by atoms with Gasteiger partial charge in [-0.2, -0.15) is 10.4 Å². The number of hydrogen-bond acceptors (Lipinski definition) is 8. The van der Waals surface area contributed by atoms with Gasteiger partial charge in [0, 0.05) is 86.0 Å². The maximum Gasteiger partial charge on any atom is 0.228 e. The Morgan fingerprint density at radius 1 is 1.18 bits per heavy atom. The van der Waals surface area contributed by atoms with Gasteiger partial charge in [0.15, 0.2) is 0 Å². The van der Waals surface area contributed by atoms with Crippen LogP contribution in [0.3, 0.4) is 0 Å². The topological polar surface area (TPSA) is 126 Å². The first-order valence-corrected chi connectivity index (χ1v) is 12.8. The largest absolute Gasteiger partial charge is 0.393 e. The molecule has 0 aliphatic carbocycles. The van der Waals surface area contributed by atoms with Gasteiger partial charge in [-0.1, -0.05) is 0 Å². The SMILES string of the molecule is CN/C=C(\C=N)c1cc(-c2ccc(N3CCN(C(=O)Cc4ccc(F)cn4)CC3)nc2)c2c(C#N)c(C)nn2c1. The third kappa shape index (κ3) is 5.24. The highest BCUT2D eigenvalue weighted by Crippen LogP contribution is 2.32. The summed E-state index contributed by atoms with van der Waals surface area (Å²) in [5.41, 5.74) is 5.42. The van der Waals surface area contributed by atoms with Crippen molar-refractivity contribution in [3.8, 4) is 17.2 Å². The minimum Gasteiger partial charge on any atom is -0.393 e. The number of allylic oxidation sites excluding steroid dienone is 1. The molecule has 4 aromatic heterocycles. The molecule has 0 spiro atoms. The second-order valence-corrected chi connectivity index (χ2v) is 9.46. The van der Waals surface area contributed by atoms with Crippen LogP contribution in [-0.2, 0) is 11.2 Å². The summed E-state index contributed by atoms with van der Waals surface area (Å²) < 4.78 is 14.8. The molecular formula is C29H28FN9O. The minimum atomic E-state index is -0.423. The molecule has 5 heterocycles. The number of nitrogens with one attached hydrogen (secondary N) is 2. The number of aryl methyl sites for hydroxylation is 1. The van der Waals surface area contributed by atoms with Crippen LogP contribution in [0.1, 0.15) is 22.5 Å². The smallest absolute Gasteiger partial charge is 0.228 e. The van der Waals surface area contributed by atoms with E-state index < -0.39 is 5.82 Å². The molecule has 1 saturated heterocycles. The van der Waals surface area contributed by atoms with Gasteiger partial charge in [-0.15, -0.1) is 0 Å². The van der Waals surface area contributed by atoms with Crippen LogP contribution < -0.4 is 10.2 Å². The van der Waals surface area contributed by atoms with E-state index in [1.165, 1.54) is 18.3 Å². The number of nitrogens with zero attached hydrogens (tertiary/aromatic N) is 7. The summed E-state index contributed by atoms with van der Waals surface area (Å²) in [5.74, 6) is 0.337. The fourth-order valence-electron chi connectivity index (χ4n) is 4.86. The fraction of sp³-hybridized carbons (Fsp3) is 0.241. The molecule has 0 unspecified atom stereocenters. The van der Waals surface area contributed by atoms with Gasteiger partial charge in [0.05, 0.1) is 23.8 Å². The lowest BCUT2D eigenvalue weighted by molar-refractivity contribution is -0.130. The van der Waals surface area contributed by atoms with Gasteiger partial charge >= 0.3 is 0 Å². The standard InChI is InChI=1S/C29H28FN9O/c1-19-26(14-32)29-25(11-21(18-39(29)36-19)22(13-31)15-33-2)20-3-6-27(35-16-20)37-7-9-38(10-8-37)28(40)12-24-5-4-23(30)17-34-24/h3-6,11,13,15-18,31,33H,7-10,12H2,1-2H3/b22-15+,31-13?. The quantitative estimate of drug-likeness (QED) is 0.347. The molecule has 0 radical (unpaired) electrons. The molecule has 1 aliphatic rings. The Morgan fingerprint density at radius 2 is 1.98 bits per heavy atom. The third-order valence-electron chi connectivity index (χ3n) is 6.94. The molecule has 1 aliphatic heterocycles. The van der Waals surface area contributed by atoms with E-state index in [1.807, 2.05) is 24.4 Å². The molecule has 0 bridgehead atoms. The molecule has 202 valence electrons. The van der Waals surface area contributed by atoms with Crippen LogP contribution >= 0.6 is 0 Å². The number of hydrogen-bond donors (Lipinski definition) is 2. The monoisotopic (exact) mass is 537 g/mol. The first-order valence-electron chi connectivity index (χ1n) is 12.8. The first kappa shape index (κ1) is 26.5. The number of carbonyl (C=O) groups is 1. The highest BCUT2D eigenvalue weighted by atomic mass is 19.1. The lowest BCUT2D eigenvalue weighted by Gasteiger charge is -2.35. The molecule has 0 atom stereocenters. The van der Waals surface area contributed by atoms with Gasteiger partial charge in [-0.05, 0) is 37.3 Å². The predicted octanol–water partition coefficient (Wildman–Crippen LogP) is 3.21. The van der Waals surface area contributed by atoms with E-state index in [-0.39, 0.29) is 12.3 Å². The maximum atomic E-state index is 13.1. The number of nitriles is 1. The van der Waals surface area contributed by atoms with Crippen molar-refractivity contribution in [2.75, 3.05) is 38.1 Å². The summed E-state index contributed by atoms with van der Waals surface area (Å²) in [4.78, 5) is 25.3. The van der Waals surface area contributed by atoms with E-state index in [9.17, 15) is 14.4 Å². The Morgan fingerprint density at radius 3 is 2.60 bits per heavy atom. The normalized spacial score (nSPS) is 13.8. The third-order valence-corrected chi connectivity index (χ3v) is 6.94. The Hall–Kier alpha value is -5.11. The molecule has 0 saturated carbocycles. The number of halogens is 1. The van der Waals surface area contributed by atoms with Crippen molar-refractivity contribution in [3.63, 3.8) is 0 Å². The number of rotatable bonds is 7. The van der Waals surface area contributed by atoms with Crippen molar-refractivity contribution in [2.45, 2.75) is 13.3 Å². The van der Waals surface area contributed by atoms with Crippen LogP contribution in [0.5, 0.6) is 0 Å². The second-order valence-electron chi connectivity index (χ2n) is 9.46. The summed E-state index contributed by atoms with van der Waals surface area (Å²) in [6.45, 7) is 4.17. The zero-order valence-electron chi connectivity index (χ0n) is 22.2. The summed E-state index contributed by atoms with van der Waals surface area (Å²) in [7, 11) is 1.77. The number of piperazine rings is 1. The zero-order chi connectivity index (χ0) is 28.2. The Kier molecular flexibility index (Phi) is 7.50. The summed E-state index contributed by atoms with van der Waals surface area (Å²) in [5, 5.41) is 25.2. The van der Waals surface area contributed by atoms with Crippen molar-refractivity contribution >= 4 is 29.0 Å². The summed E-state index contributed by atoms with van der Waals surface area (Å²) in [6.07, 6.45) is 7.87. The van der Waals surface area contributed by atoms with E-state index in [0.29, 0.717) is 54.2 Å². The van der Waals surface area contributed by atoms with Crippen LogP contribution in [0.2, 0.25) is 0 Å². The number of fused-ring (bicyclic) bond motifs is 1. The van der Waals surface area contributed by atoms with Gasteiger partial charge in [-0.25, -0.2) is 13.9 Å². The summed E-state index contributed by atoms with van der Waals surface area (Å²) >= 11 is 0. The number of pyridine rings is 3. The predicted molar refractivity (Wildman–Crippen MR) is 150 cm³/mol. The van der Waals surface area contributed by atoms with Crippen molar-refractivity contribution < 1.29 is 9.18 Å². The molecular weight excluding hydrogens is 509 g/mol. The van der Waals surface area contributed by atoms with Gasteiger partial charge in [0.1, 0.15) is 23.3 Å². The van der Waals surface area contributed by atoms with Crippen LogP contribution in [0.4, 0.5) is 10.2 Å². The second kappa shape index (κ2) is 11.3. The maximum absolute atomic E-state index is 13.1. The van der Waals surface area contributed by atoms with Crippen molar-refractivity contribution in [1.29, 1.82) is 10.7 Å². The average molecular weight is 538 g/mol. The first-order chi connectivity index (χ1) is 19.4. The zero-order valence-corrected chi connectivity index (χ0v) is 22.2. The van der Waals surface area contributed by atoms with Gasteiger partial charge in [0.25, 0.3) is 0 Å². The van der Waals surface area contributed by atoms with Crippen LogP contribution in [-0.4, -0.2) is 69.8 Å². The van der Waals surface area contributed by atoms with Crippen molar-refractivity contribution in [3.05, 3.63) is 83.5 Å². The minimum absolute atomic E-state index is 0.0352. The van der Waals surface area contributed by atoms with Crippen LogP contribution in [0, 0.1) is 29.5 Å². The van der Waals surface area contributed by atoms with Crippen LogP contribution in [0.15, 0.2) is 55.1 Å². The number of anilines is 1. The average Bonchev–Trinajstić information content (AvgIpc) is 3.31. The lowest BCUT2D eigenvalue weighted by Crippen LogP contribution is -2.49. The molecule has 11 heteroatoms. The molecule has 40 heavy (non-hydrogen) atoms. The summed E-state index contributed by atoms with van der Waals surface area (Å²) in [6, 6.07) is 11.0. The molecule has 4 aromatic rings. The van der Waals surface area contributed by atoms with Crippen molar-refractivity contribution in [1.82, 2.24) is 29.8 Å². The molecule has 0 aromatic carbocycles. The number of amides is 1. The van der Waals surface area contributed by atoms with Gasteiger partial charge in [0.2, 0.25) is 5.91 Å². The highest BCUT2D eigenvalue weighted by Gasteiger charge is 2.23. The van der Waals surface area contributed by atoms with E-state index >= 15 is 0 Å². The molecule has 5 rings (SSSR count). The van der Waals surface area contributed by atoms with E-state index in [2.05, 4.69) is 26.4 Å². The molecule has 10 nitrogen and oxygen atoms in total. The Labute approximate surface area is 230 Å². The Bertz CT molecular complexity index is 1630. The van der Waals surface area contributed by atoms with E-state index in [1.54, 1.807) is 35.8 Å². The highest BCUT2D eigenvalue weighted by molar-refractivity contribution is 6.09. The molecule has 2 N–H and O–H groups in total. The van der Waals surface area contributed by atoms with Gasteiger partial charge < -0.3 is 20.5 Å². The number of aromatic nitrogens is 4. The van der Waals surface area contributed by atoms with Gasteiger partial charge in [-0.3, -0.25) is 9.78 Å². The van der Waals surface area contributed by atoms with Crippen LogP contribution in [0.25, 0.3) is 22.2 Å². The lowest BCUT2D eigenvalue weighted by atomic mass is 10.00. The fourth-order valence-corrected chi connectivity index (χ4v) is 4.86. The molecule has 1 amide bonds. The van der Waals surface area contributed by atoms with Crippen molar-refractivity contribution in [2.24, 2.45) is 0 Å².